The van der Waals surface area contributed by atoms with Gasteiger partial charge in [0.2, 0.25) is 0 Å². The molecule has 0 saturated heterocycles. The summed E-state index contributed by atoms with van der Waals surface area (Å²) >= 11 is 1.76. The molecule has 0 radical (unpaired) electrons. The van der Waals surface area contributed by atoms with Crippen molar-refractivity contribution in [2.75, 3.05) is 0 Å². The van der Waals surface area contributed by atoms with Crippen LogP contribution in [-0.4, -0.2) is 4.98 Å². The Kier molecular flexibility index (Phi) is 2.45. The topological polar surface area (TPSA) is 12.9 Å². The van der Waals surface area contributed by atoms with Gasteiger partial charge < -0.3 is 0 Å². The minimum Gasteiger partial charge on any atom is -0.236 e. The second kappa shape index (κ2) is 3.97. The number of benzene rings is 2. The standard InChI is InChI=1S/C15H13NS/c1-10-3-6-12(7-4-10)15-16-13-8-5-11(2)9-14(13)17-15/h3-9H,1-2H3. The number of rotatable bonds is 1. The second-order valence-electron chi connectivity index (χ2n) is 4.36. The van der Waals surface area contributed by atoms with E-state index in [0.717, 1.165) is 10.5 Å². The predicted molar refractivity (Wildman–Crippen MR) is 74.5 cm³/mol. The van der Waals surface area contributed by atoms with Gasteiger partial charge in [0.05, 0.1) is 10.2 Å². The van der Waals surface area contributed by atoms with Crippen LogP contribution in [0.3, 0.4) is 0 Å². The number of nitrogens with zero attached hydrogens (tertiary/aromatic N) is 1. The van der Waals surface area contributed by atoms with Crippen LogP contribution >= 0.6 is 11.3 Å². The fourth-order valence-corrected chi connectivity index (χ4v) is 2.92. The third-order valence-electron chi connectivity index (χ3n) is 2.84. The zero-order chi connectivity index (χ0) is 11.8. The van der Waals surface area contributed by atoms with E-state index in [-0.39, 0.29) is 0 Å². The van der Waals surface area contributed by atoms with Crippen LogP contribution in [-0.2, 0) is 0 Å². The molecular formula is C15H13NS. The Labute approximate surface area is 105 Å². The lowest BCUT2D eigenvalue weighted by atomic mass is 10.2. The first kappa shape index (κ1) is 10.5. The number of fused-ring (bicyclic) bond motifs is 1. The fourth-order valence-electron chi connectivity index (χ4n) is 1.85. The zero-order valence-corrected chi connectivity index (χ0v) is 10.7. The number of aryl methyl sites for hydroxylation is 2. The van der Waals surface area contributed by atoms with Crippen molar-refractivity contribution in [1.82, 2.24) is 4.98 Å². The summed E-state index contributed by atoms with van der Waals surface area (Å²) in [4.78, 5) is 4.67. The Balaban J connectivity index is 2.14. The Morgan fingerprint density at radius 2 is 1.59 bits per heavy atom. The number of hydrogen-bond acceptors (Lipinski definition) is 2. The predicted octanol–water partition coefficient (Wildman–Crippen LogP) is 4.58. The Morgan fingerprint density at radius 1 is 0.882 bits per heavy atom. The highest BCUT2D eigenvalue weighted by Crippen LogP contribution is 2.30. The largest absolute Gasteiger partial charge is 0.236 e. The second-order valence-corrected chi connectivity index (χ2v) is 5.39. The minimum atomic E-state index is 1.09. The molecule has 0 amide bonds. The van der Waals surface area contributed by atoms with Gasteiger partial charge in [0, 0.05) is 5.56 Å². The summed E-state index contributed by atoms with van der Waals surface area (Å²) in [5.41, 5.74) is 4.87. The highest BCUT2D eigenvalue weighted by molar-refractivity contribution is 7.21. The van der Waals surface area contributed by atoms with Gasteiger partial charge in [-0.3, -0.25) is 0 Å². The van der Waals surface area contributed by atoms with E-state index in [1.165, 1.54) is 21.4 Å². The normalized spacial score (nSPS) is 10.9. The van der Waals surface area contributed by atoms with Crippen LogP contribution in [0.4, 0.5) is 0 Å². The van der Waals surface area contributed by atoms with Crippen molar-refractivity contribution < 1.29 is 0 Å². The minimum absolute atomic E-state index is 1.09. The van der Waals surface area contributed by atoms with Gasteiger partial charge in [-0.2, -0.15) is 0 Å². The van der Waals surface area contributed by atoms with Crippen LogP contribution < -0.4 is 0 Å². The molecule has 0 unspecified atom stereocenters. The quantitative estimate of drug-likeness (QED) is 0.605. The van der Waals surface area contributed by atoms with Gasteiger partial charge >= 0.3 is 0 Å². The van der Waals surface area contributed by atoms with E-state index in [4.69, 9.17) is 0 Å². The first-order chi connectivity index (χ1) is 8.22. The molecule has 0 spiro atoms. The van der Waals surface area contributed by atoms with Crippen molar-refractivity contribution in [1.29, 1.82) is 0 Å². The molecular weight excluding hydrogens is 226 g/mol. The highest BCUT2D eigenvalue weighted by Gasteiger charge is 2.05. The molecule has 0 aliphatic heterocycles. The molecule has 0 fully saturated rings. The molecule has 0 N–H and O–H groups in total. The summed E-state index contributed by atoms with van der Waals surface area (Å²) < 4.78 is 1.26. The van der Waals surface area contributed by atoms with Crippen molar-refractivity contribution in [3.63, 3.8) is 0 Å². The molecule has 1 heterocycles. The van der Waals surface area contributed by atoms with Crippen molar-refractivity contribution in [3.8, 4) is 10.6 Å². The van der Waals surface area contributed by atoms with E-state index >= 15 is 0 Å². The van der Waals surface area contributed by atoms with Crippen molar-refractivity contribution in [2.24, 2.45) is 0 Å². The molecule has 1 nitrogen and oxygen atoms in total. The van der Waals surface area contributed by atoms with Crippen LogP contribution in [0.25, 0.3) is 20.8 Å². The maximum absolute atomic E-state index is 4.67. The fraction of sp³-hybridized carbons (Fsp3) is 0.133. The number of thiazole rings is 1. The summed E-state index contributed by atoms with van der Waals surface area (Å²) in [6, 6.07) is 14.9. The SMILES string of the molecule is Cc1ccc(-c2nc3ccc(C)cc3s2)cc1. The monoisotopic (exact) mass is 239 g/mol. The first-order valence-electron chi connectivity index (χ1n) is 5.66. The Morgan fingerprint density at radius 3 is 2.35 bits per heavy atom. The van der Waals surface area contributed by atoms with E-state index in [9.17, 15) is 0 Å². The van der Waals surface area contributed by atoms with Gasteiger partial charge in [-0.15, -0.1) is 11.3 Å². The Bertz CT molecular complexity index is 665. The van der Waals surface area contributed by atoms with E-state index in [0.29, 0.717) is 0 Å². The first-order valence-corrected chi connectivity index (χ1v) is 6.48. The summed E-state index contributed by atoms with van der Waals surface area (Å²) in [6.45, 7) is 4.22. The van der Waals surface area contributed by atoms with Crippen molar-refractivity contribution in [2.45, 2.75) is 13.8 Å². The molecule has 0 aliphatic carbocycles. The molecule has 2 heteroatoms. The van der Waals surface area contributed by atoms with Crippen LogP contribution in [0.2, 0.25) is 0 Å². The Hall–Kier alpha value is -1.67. The zero-order valence-electron chi connectivity index (χ0n) is 9.90. The van der Waals surface area contributed by atoms with E-state index in [2.05, 4.69) is 61.3 Å². The third kappa shape index (κ3) is 1.96. The maximum atomic E-state index is 4.67. The molecule has 3 rings (SSSR count). The molecule has 0 aliphatic rings. The molecule has 84 valence electrons. The number of hydrogen-bond donors (Lipinski definition) is 0. The summed E-state index contributed by atoms with van der Waals surface area (Å²) in [5, 5.41) is 1.10. The van der Waals surface area contributed by atoms with Crippen LogP contribution in [0, 0.1) is 13.8 Å². The van der Waals surface area contributed by atoms with Crippen molar-refractivity contribution >= 4 is 21.6 Å². The molecule has 1 aromatic heterocycles. The highest BCUT2D eigenvalue weighted by atomic mass is 32.1. The third-order valence-corrected chi connectivity index (χ3v) is 3.91. The van der Waals surface area contributed by atoms with Crippen LogP contribution in [0.1, 0.15) is 11.1 Å². The molecule has 3 aromatic rings. The lowest BCUT2D eigenvalue weighted by Crippen LogP contribution is -1.76. The number of aromatic nitrogens is 1. The van der Waals surface area contributed by atoms with E-state index < -0.39 is 0 Å². The molecule has 2 aromatic carbocycles. The van der Waals surface area contributed by atoms with Gasteiger partial charge in [-0.25, -0.2) is 4.98 Å². The summed E-state index contributed by atoms with van der Waals surface area (Å²) in [7, 11) is 0. The lowest BCUT2D eigenvalue weighted by Gasteiger charge is -1.95. The summed E-state index contributed by atoms with van der Waals surface area (Å²) in [5.74, 6) is 0. The molecule has 17 heavy (non-hydrogen) atoms. The van der Waals surface area contributed by atoms with E-state index in [1.54, 1.807) is 11.3 Å². The van der Waals surface area contributed by atoms with Gasteiger partial charge in [0.1, 0.15) is 5.01 Å². The summed E-state index contributed by atoms with van der Waals surface area (Å²) in [6.07, 6.45) is 0. The van der Waals surface area contributed by atoms with Gasteiger partial charge in [0.25, 0.3) is 0 Å². The average Bonchev–Trinajstić information content (AvgIpc) is 2.72. The van der Waals surface area contributed by atoms with E-state index in [1.807, 2.05) is 0 Å². The van der Waals surface area contributed by atoms with Gasteiger partial charge in [-0.05, 0) is 31.5 Å². The molecule has 0 atom stereocenters. The molecule has 0 saturated carbocycles. The molecule has 0 bridgehead atoms. The van der Waals surface area contributed by atoms with Crippen LogP contribution in [0.15, 0.2) is 42.5 Å². The average molecular weight is 239 g/mol. The maximum Gasteiger partial charge on any atom is 0.124 e. The van der Waals surface area contributed by atoms with Gasteiger partial charge in [0.15, 0.2) is 0 Å². The van der Waals surface area contributed by atoms with Crippen LogP contribution in [0.5, 0.6) is 0 Å². The smallest absolute Gasteiger partial charge is 0.124 e. The lowest BCUT2D eigenvalue weighted by molar-refractivity contribution is 1.43. The van der Waals surface area contributed by atoms with Gasteiger partial charge in [-0.1, -0.05) is 35.9 Å². The van der Waals surface area contributed by atoms with Crippen molar-refractivity contribution in [3.05, 3.63) is 53.6 Å².